The molecule has 1 aromatic rings. The first kappa shape index (κ1) is 13.3. The molecule has 2 N–H and O–H groups in total. The van der Waals surface area contributed by atoms with Crippen molar-refractivity contribution in [3.8, 4) is 0 Å². The van der Waals surface area contributed by atoms with E-state index in [2.05, 4.69) is 5.18 Å². The molecule has 1 atom stereocenters. The van der Waals surface area contributed by atoms with Gasteiger partial charge in [-0.1, -0.05) is 24.9 Å². The van der Waals surface area contributed by atoms with Crippen LogP contribution >= 0.6 is 11.3 Å². The van der Waals surface area contributed by atoms with Gasteiger partial charge in [0.05, 0.1) is 0 Å². The van der Waals surface area contributed by atoms with Crippen LogP contribution in [0.3, 0.4) is 0 Å². The fraction of sp³-hybridized carbons (Fsp3) is 0.556. The number of nitrogens with two attached hydrogens (primary N) is 1. The summed E-state index contributed by atoms with van der Waals surface area (Å²) in [6.07, 6.45) is 2.50. The average Bonchev–Trinajstić information content (AvgIpc) is 2.68. The maximum absolute atomic E-state index is 11.1. The molecule has 7 heteroatoms. The molecule has 1 unspecified atom stereocenters. The number of thiophene rings is 1. The molecule has 0 radical (unpaired) electrons. The molecule has 0 saturated heterocycles. The van der Waals surface area contributed by atoms with Crippen molar-refractivity contribution < 1.29 is 8.42 Å². The van der Waals surface area contributed by atoms with Crippen LogP contribution < -0.4 is 5.14 Å². The number of rotatable bonds is 6. The van der Waals surface area contributed by atoms with E-state index in [0.29, 0.717) is 12.0 Å². The highest BCUT2D eigenvalue weighted by atomic mass is 32.2. The summed E-state index contributed by atoms with van der Waals surface area (Å²) in [5.41, 5.74) is 0.637. The van der Waals surface area contributed by atoms with Gasteiger partial charge in [-0.05, 0) is 23.4 Å². The molecule has 0 aliphatic carbocycles. The van der Waals surface area contributed by atoms with Crippen LogP contribution in [0.2, 0.25) is 0 Å². The van der Waals surface area contributed by atoms with Crippen LogP contribution in [0.1, 0.15) is 37.8 Å². The average molecular weight is 262 g/mol. The zero-order valence-corrected chi connectivity index (χ0v) is 10.6. The molecule has 0 fully saturated rings. The molecule has 0 amide bonds. The Morgan fingerprint density at radius 2 is 2.25 bits per heavy atom. The Morgan fingerprint density at radius 1 is 1.56 bits per heavy atom. The molecule has 0 saturated carbocycles. The van der Waals surface area contributed by atoms with Crippen molar-refractivity contribution in [2.45, 2.75) is 36.4 Å². The molecule has 90 valence electrons. The Bertz CT molecular complexity index is 453. The highest BCUT2D eigenvalue weighted by Crippen LogP contribution is 2.29. The van der Waals surface area contributed by atoms with Crippen LogP contribution in [0.4, 0.5) is 0 Å². The summed E-state index contributed by atoms with van der Waals surface area (Å²) in [4.78, 5) is 10.6. The van der Waals surface area contributed by atoms with E-state index in [4.69, 9.17) is 5.14 Å². The summed E-state index contributed by atoms with van der Waals surface area (Å²) >= 11 is 1.02. The lowest BCUT2D eigenvalue weighted by atomic mass is 10.1. The quantitative estimate of drug-likeness (QED) is 0.798. The SMILES string of the molecule is CCCCC(N=O)c1csc(S(N)(=O)=O)c1. The number of primary sulfonamides is 1. The second kappa shape index (κ2) is 5.51. The molecule has 0 aromatic carbocycles. The number of hydrogen-bond acceptors (Lipinski definition) is 5. The molecule has 0 bridgehead atoms. The van der Waals surface area contributed by atoms with E-state index < -0.39 is 16.1 Å². The largest absolute Gasteiger partial charge is 0.247 e. The first-order valence-corrected chi connectivity index (χ1v) is 7.35. The second-order valence-corrected chi connectivity index (χ2v) is 6.21. The van der Waals surface area contributed by atoms with Crippen molar-refractivity contribution in [1.82, 2.24) is 0 Å². The molecule has 5 nitrogen and oxygen atoms in total. The predicted molar refractivity (Wildman–Crippen MR) is 63.8 cm³/mol. The third-order valence-electron chi connectivity index (χ3n) is 2.22. The lowest BCUT2D eigenvalue weighted by molar-refractivity contribution is 0.596. The van der Waals surface area contributed by atoms with E-state index in [1.54, 1.807) is 5.38 Å². The molecule has 0 aliphatic rings. The summed E-state index contributed by atoms with van der Waals surface area (Å²) in [5.74, 6) is 0. The molecular weight excluding hydrogens is 248 g/mol. The van der Waals surface area contributed by atoms with Gasteiger partial charge in [-0.3, -0.25) is 0 Å². The summed E-state index contributed by atoms with van der Waals surface area (Å²) in [6.45, 7) is 2.02. The summed E-state index contributed by atoms with van der Waals surface area (Å²) in [5, 5.41) is 9.62. The summed E-state index contributed by atoms with van der Waals surface area (Å²) in [7, 11) is -3.67. The normalized spacial score (nSPS) is 13.6. The van der Waals surface area contributed by atoms with Crippen molar-refractivity contribution >= 4 is 21.4 Å². The molecule has 1 heterocycles. The Kier molecular flexibility index (Phi) is 4.57. The Morgan fingerprint density at radius 3 is 2.69 bits per heavy atom. The standard InChI is InChI=1S/C9H14N2O3S2/c1-2-3-4-8(11-12)7-5-9(15-6-7)16(10,13)14/h5-6,8H,2-4H2,1H3,(H2,10,13,14). The van der Waals surface area contributed by atoms with Crippen molar-refractivity contribution in [3.05, 3.63) is 21.9 Å². The number of unbranched alkanes of at least 4 members (excludes halogenated alkanes) is 1. The van der Waals surface area contributed by atoms with E-state index >= 15 is 0 Å². The first-order chi connectivity index (χ1) is 7.49. The van der Waals surface area contributed by atoms with E-state index in [1.807, 2.05) is 6.92 Å². The molecule has 1 rings (SSSR count). The van der Waals surface area contributed by atoms with Gasteiger partial charge in [-0.25, -0.2) is 13.6 Å². The lowest BCUT2D eigenvalue weighted by Gasteiger charge is -2.04. The summed E-state index contributed by atoms with van der Waals surface area (Å²) in [6, 6.07) is 0.966. The van der Waals surface area contributed by atoms with Crippen LogP contribution in [0.5, 0.6) is 0 Å². The highest BCUT2D eigenvalue weighted by molar-refractivity contribution is 7.91. The monoisotopic (exact) mass is 262 g/mol. The van der Waals surface area contributed by atoms with Crippen LogP contribution in [0.15, 0.2) is 20.8 Å². The van der Waals surface area contributed by atoms with Gasteiger partial charge >= 0.3 is 0 Å². The van der Waals surface area contributed by atoms with Gasteiger partial charge in [0.25, 0.3) is 0 Å². The summed E-state index contributed by atoms with van der Waals surface area (Å²) < 4.78 is 22.2. The topological polar surface area (TPSA) is 89.6 Å². The van der Waals surface area contributed by atoms with Crippen LogP contribution in [0, 0.1) is 4.91 Å². The zero-order chi connectivity index (χ0) is 12.2. The molecule has 0 aliphatic heterocycles. The minimum absolute atomic E-state index is 0.0765. The van der Waals surface area contributed by atoms with Crippen LogP contribution in [-0.2, 0) is 10.0 Å². The predicted octanol–water partition coefficient (Wildman–Crippen LogP) is 2.39. The van der Waals surface area contributed by atoms with E-state index in [1.165, 1.54) is 6.07 Å². The van der Waals surface area contributed by atoms with E-state index in [-0.39, 0.29) is 4.21 Å². The second-order valence-electron chi connectivity index (χ2n) is 3.51. The first-order valence-electron chi connectivity index (χ1n) is 4.92. The van der Waals surface area contributed by atoms with Gasteiger partial charge < -0.3 is 0 Å². The molecule has 0 spiro atoms. The Labute approximate surface area is 98.7 Å². The Balaban J connectivity index is 2.87. The fourth-order valence-electron chi connectivity index (χ4n) is 1.33. The zero-order valence-electron chi connectivity index (χ0n) is 8.92. The van der Waals surface area contributed by atoms with E-state index in [0.717, 1.165) is 24.2 Å². The highest BCUT2D eigenvalue weighted by Gasteiger charge is 2.17. The smallest absolute Gasteiger partial charge is 0.224 e. The third-order valence-corrected chi connectivity index (χ3v) is 4.62. The van der Waals surface area contributed by atoms with Crippen molar-refractivity contribution in [3.63, 3.8) is 0 Å². The van der Waals surface area contributed by atoms with E-state index in [9.17, 15) is 13.3 Å². The minimum Gasteiger partial charge on any atom is -0.224 e. The number of nitroso groups, excluding NO2 is 1. The lowest BCUT2D eigenvalue weighted by Crippen LogP contribution is -2.10. The van der Waals surface area contributed by atoms with Gasteiger partial charge in [0.15, 0.2) is 0 Å². The van der Waals surface area contributed by atoms with Gasteiger partial charge in [0.2, 0.25) is 10.0 Å². The van der Waals surface area contributed by atoms with Gasteiger partial charge in [-0.15, -0.1) is 11.3 Å². The van der Waals surface area contributed by atoms with Gasteiger partial charge in [-0.2, -0.15) is 4.91 Å². The minimum atomic E-state index is -3.67. The van der Waals surface area contributed by atoms with Gasteiger partial charge in [0, 0.05) is 0 Å². The maximum Gasteiger partial charge on any atom is 0.247 e. The van der Waals surface area contributed by atoms with Crippen molar-refractivity contribution in [1.29, 1.82) is 0 Å². The number of nitrogens with zero attached hydrogens (tertiary/aromatic N) is 1. The Hall–Kier alpha value is -0.790. The molecule has 16 heavy (non-hydrogen) atoms. The molecule has 1 aromatic heterocycles. The van der Waals surface area contributed by atoms with Crippen LogP contribution in [-0.4, -0.2) is 8.42 Å². The van der Waals surface area contributed by atoms with Crippen LogP contribution in [0.25, 0.3) is 0 Å². The fourth-order valence-corrected chi connectivity index (χ4v) is 2.99. The third kappa shape index (κ3) is 3.36. The van der Waals surface area contributed by atoms with Gasteiger partial charge in [0.1, 0.15) is 10.3 Å². The van der Waals surface area contributed by atoms with Crippen molar-refractivity contribution in [2.75, 3.05) is 0 Å². The maximum atomic E-state index is 11.1. The molecular formula is C9H14N2O3S2. The number of sulfonamides is 1. The van der Waals surface area contributed by atoms with Crippen molar-refractivity contribution in [2.24, 2.45) is 10.3 Å². The number of hydrogen-bond donors (Lipinski definition) is 1.